The zero-order valence-electron chi connectivity index (χ0n) is 8.66. The Balaban J connectivity index is 2.37. The molecule has 0 aromatic carbocycles. The minimum Gasteiger partial charge on any atom is -0.362 e. The maximum absolute atomic E-state index is 8.38. The Labute approximate surface area is 80.3 Å². The topological polar surface area (TPSA) is 36.3 Å². The van der Waals surface area contributed by atoms with E-state index in [9.17, 15) is 0 Å². The van der Waals surface area contributed by atoms with Gasteiger partial charge in [-0.25, -0.2) is 0 Å². The van der Waals surface area contributed by atoms with Crippen LogP contribution in [-0.2, 0) is 4.74 Å². The molecule has 0 aromatic rings. The molecule has 1 rings (SSSR count). The number of hydrogen-bond acceptors (Lipinski definition) is 3. The molecule has 0 spiro atoms. The first kappa shape index (κ1) is 10.5. The molecular weight excluding hydrogens is 164 g/mol. The van der Waals surface area contributed by atoms with Crippen molar-refractivity contribution in [2.24, 2.45) is 5.92 Å². The van der Waals surface area contributed by atoms with Crippen LogP contribution in [0.25, 0.3) is 0 Å². The van der Waals surface area contributed by atoms with Crippen molar-refractivity contribution in [3.63, 3.8) is 0 Å². The van der Waals surface area contributed by atoms with Crippen molar-refractivity contribution in [1.82, 2.24) is 4.90 Å². The molecule has 0 saturated carbocycles. The molecule has 74 valence electrons. The summed E-state index contributed by atoms with van der Waals surface area (Å²) in [6.07, 6.45) is 1.33. The molecule has 0 bridgehead atoms. The van der Waals surface area contributed by atoms with Crippen LogP contribution in [0.1, 0.15) is 20.3 Å². The minimum atomic E-state index is 0.226. The van der Waals surface area contributed by atoms with Gasteiger partial charge in [0, 0.05) is 12.6 Å². The predicted octanol–water partition coefficient (Wildman–Crippen LogP) is 1.26. The number of hydrogen-bond donors (Lipinski definition) is 0. The fourth-order valence-corrected chi connectivity index (χ4v) is 2.04. The smallest absolute Gasteiger partial charge is 0.134 e. The second kappa shape index (κ2) is 4.59. The Morgan fingerprint density at radius 3 is 2.77 bits per heavy atom. The molecule has 1 fully saturated rings. The Bertz CT molecular complexity index is 198. The Hall–Kier alpha value is -0.590. The number of nitrogens with zero attached hydrogens (tertiary/aromatic N) is 2. The van der Waals surface area contributed by atoms with Gasteiger partial charge in [0.1, 0.15) is 6.61 Å². The Morgan fingerprint density at radius 1 is 1.62 bits per heavy atom. The summed E-state index contributed by atoms with van der Waals surface area (Å²) in [7, 11) is 2.13. The monoisotopic (exact) mass is 182 g/mol. The number of rotatable bonds is 3. The zero-order valence-corrected chi connectivity index (χ0v) is 8.66. The van der Waals surface area contributed by atoms with Gasteiger partial charge in [0.05, 0.1) is 12.2 Å². The van der Waals surface area contributed by atoms with Crippen LogP contribution in [0.3, 0.4) is 0 Å². The molecule has 2 atom stereocenters. The van der Waals surface area contributed by atoms with Gasteiger partial charge in [-0.2, -0.15) is 5.26 Å². The summed E-state index contributed by atoms with van der Waals surface area (Å²) >= 11 is 0. The molecule has 0 amide bonds. The lowest BCUT2D eigenvalue weighted by Gasteiger charge is -2.22. The van der Waals surface area contributed by atoms with Crippen molar-refractivity contribution in [3.05, 3.63) is 0 Å². The van der Waals surface area contributed by atoms with E-state index in [4.69, 9.17) is 10.00 Å². The van der Waals surface area contributed by atoms with E-state index in [0.29, 0.717) is 12.0 Å². The maximum atomic E-state index is 8.38. The average Bonchev–Trinajstić information content (AvgIpc) is 2.43. The lowest BCUT2D eigenvalue weighted by molar-refractivity contribution is 0.0849. The summed E-state index contributed by atoms with van der Waals surface area (Å²) in [6, 6.07) is 2.63. The Kier molecular flexibility index (Phi) is 3.71. The van der Waals surface area contributed by atoms with Crippen LogP contribution in [0.5, 0.6) is 0 Å². The van der Waals surface area contributed by atoms with Crippen LogP contribution in [0.2, 0.25) is 0 Å². The zero-order chi connectivity index (χ0) is 9.84. The fourth-order valence-electron chi connectivity index (χ4n) is 2.04. The van der Waals surface area contributed by atoms with Crippen LogP contribution in [0, 0.1) is 17.2 Å². The van der Waals surface area contributed by atoms with E-state index < -0.39 is 0 Å². The van der Waals surface area contributed by atoms with E-state index in [-0.39, 0.29) is 12.7 Å². The molecule has 13 heavy (non-hydrogen) atoms. The molecule has 3 heteroatoms. The second-order valence-electron chi connectivity index (χ2n) is 4.08. The Morgan fingerprint density at radius 2 is 2.31 bits per heavy atom. The quantitative estimate of drug-likeness (QED) is 0.659. The first-order valence-corrected chi connectivity index (χ1v) is 4.84. The van der Waals surface area contributed by atoms with Crippen LogP contribution < -0.4 is 0 Å². The molecule has 3 nitrogen and oxygen atoms in total. The lowest BCUT2D eigenvalue weighted by atomic mass is 10.0. The number of likely N-dealkylation sites (tertiary alicyclic amines) is 1. The SMILES string of the molecule is CC(C)[C@@H]1C[C@H](OCC#N)CN1C. The van der Waals surface area contributed by atoms with E-state index in [2.05, 4.69) is 25.8 Å². The number of nitriles is 1. The normalized spacial score (nSPS) is 29.5. The van der Waals surface area contributed by atoms with Crippen LogP contribution in [0.15, 0.2) is 0 Å². The van der Waals surface area contributed by atoms with Gasteiger partial charge in [-0.1, -0.05) is 13.8 Å². The van der Waals surface area contributed by atoms with Gasteiger partial charge in [0.15, 0.2) is 0 Å². The van der Waals surface area contributed by atoms with Gasteiger partial charge in [-0.3, -0.25) is 0 Å². The summed E-state index contributed by atoms with van der Waals surface area (Å²) in [6.45, 7) is 5.65. The van der Waals surface area contributed by atoms with E-state index >= 15 is 0 Å². The van der Waals surface area contributed by atoms with Gasteiger partial charge >= 0.3 is 0 Å². The fraction of sp³-hybridized carbons (Fsp3) is 0.900. The summed E-state index contributed by atoms with van der Waals surface area (Å²) in [5.41, 5.74) is 0. The van der Waals surface area contributed by atoms with Crippen LogP contribution in [-0.4, -0.2) is 37.2 Å². The summed E-state index contributed by atoms with van der Waals surface area (Å²) < 4.78 is 5.40. The highest BCUT2D eigenvalue weighted by Crippen LogP contribution is 2.23. The van der Waals surface area contributed by atoms with E-state index in [1.54, 1.807) is 0 Å². The van der Waals surface area contributed by atoms with E-state index in [1.807, 2.05) is 6.07 Å². The van der Waals surface area contributed by atoms with Gasteiger partial charge in [0.25, 0.3) is 0 Å². The van der Waals surface area contributed by atoms with Crippen LogP contribution in [0.4, 0.5) is 0 Å². The first-order chi connectivity index (χ1) is 6.15. The summed E-state index contributed by atoms with van der Waals surface area (Å²) in [5, 5.41) is 8.38. The molecule has 1 aliphatic rings. The highest BCUT2D eigenvalue weighted by Gasteiger charge is 2.31. The molecule has 0 radical (unpaired) electrons. The predicted molar refractivity (Wildman–Crippen MR) is 51.2 cm³/mol. The van der Waals surface area contributed by atoms with E-state index in [0.717, 1.165) is 13.0 Å². The average molecular weight is 182 g/mol. The van der Waals surface area contributed by atoms with Crippen molar-refractivity contribution < 1.29 is 4.74 Å². The second-order valence-corrected chi connectivity index (χ2v) is 4.08. The van der Waals surface area contributed by atoms with Crippen molar-refractivity contribution in [2.45, 2.75) is 32.4 Å². The standard InChI is InChI=1S/C10H18N2O/c1-8(2)10-6-9(7-12(10)3)13-5-4-11/h8-10H,5-7H2,1-3H3/t9-,10-/m0/s1. The molecular formula is C10H18N2O. The van der Waals surface area contributed by atoms with Crippen molar-refractivity contribution in [1.29, 1.82) is 5.26 Å². The lowest BCUT2D eigenvalue weighted by Crippen LogP contribution is -2.29. The third-order valence-corrected chi connectivity index (χ3v) is 2.72. The molecule has 0 aliphatic carbocycles. The van der Waals surface area contributed by atoms with Crippen molar-refractivity contribution >= 4 is 0 Å². The van der Waals surface area contributed by atoms with Gasteiger partial charge in [-0.15, -0.1) is 0 Å². The summed E-state index contributed by atoms with van der Waals surface area (Å²) in [5.74, 6) is 0.667. The van der Waals surface area contributed by atoms with Gasteiger partial charge < -0.3 is 9.64 Å². The number of ether oxygens (including phenoxy) is 1. The van der Waals surface area contributed by atoms with Crippen molar-refractivity contribution in [2.75, 3.05) is 20.2 Å². The van der Waals surface area contributed by atoms with Crippen molar-refractivity contribution in [3.8, 4) is 6.07 Å². The minimum absolute atomic E-state index is 0.226. The van der Waals surface area contributed by atoms with Gasteiger partial charge in [0.2, 0.25) is 0 Å². The molecule has 0 unspecified atom stereocenters. The molecule has 1 heterocycles. The largest absolute Gasteiger partial charge is 0.362 e. The van der Waals surface area contributed by atoms with Crippen LogP contribution >= 0.6 is 0 Å². The number of likely N-dealkylation sites (N-methyl/N-ethyl adjacent to an activating group) is 1. The molecule has 1 saturated heterocycles. The van der Waals surface area contributed by atoms with Gasteiger partial charge in [-0.05, 0) is 19.4 Å². The highest BCUT2D eigenvalue weighted by molar-refractivity contribution is 4.86. The first-order valence-electron chi connectivity index (χ1n) is 4.84. The maximum Gasteiger partial charge on any atom is 0.134 e. The molecule has 1 aliphatic heterocycles. The van der Waals surface area contributed by atoms with E-state index in [1.165, 1.54) is 0 Å². The third kappa shape index (κ3) is 2.68. The summed E-state index contributed by atoms with van der Waals surface area (Å²) in [4.78, 5) is 2.33. The third-order valence-electron chi connectivity index (χ3n) is 2.72. The molecule has 0 N–H and O–H groups in total. The highest BCUT2D eigenvalue weighted by atomic mass is 16.5. The molecule has 0 aromatic heterocycles.